The molecule has 0 aliphatic rings. The minimum Gasteiger partial charge on any atom is -0.481 e. The summed E-state index contributed by atoms with van der Waals surface area (Å²) in [4.78, 5) is 10.5. The van der Waals surface area contributed by atoms with Crippen LogP contribution in [-0.2, 0) is 11.2 Å². The third-order valence-electron chi connectivity index (χ3n) is 2.54. The van der Waals surface area contributed by atoms with Crippen molar-refractivity contribution in [3.63, 3.8) is 0 Å². The zero-order chi connectivity index (χ0) is 13.1. The number of carboxylic acid groups (broad SMARTS) is 1. The van der Waals surface area contributed by atoms with Gasteiger partial charge < -0.3 is 5.11 Å². The van der Waals surface area contributed by atoms with Crippen LogP contribution in [0.3, 0.4) is 0 Å². The van der Waals surface area contributed by atoms with Gasteiger partial charge in [-0.05, 0) is 30.7 Å². The van der Waals surface area contributed by atoms with E-state index < -0.39 is 5.97 Å². The van der Waals surface area contributed by atoms with E-state index in [9.17, 15) is 4.79 Å². The highest BCUT2D eigenvalue weighted by Crippen LogP contribution is 2.18. The topological polar surface area (TPSA) is 68.0 Å². The number of aliphatic carboxylic acids is 1. The van der Waals surface area contributed by atoms with Gasteiger partial charge in [0.05, 0.1) is 24.0 Å². The van der Waals surface area contributed by atoms with Gasteiger partial charge in [0.2, 0.25) is 0 Å². The molecule has 5 nitrogen and oxygen atoms in total. The highest BCUT2D eigenvalue weighted by Gasteiger charge is 2.07. The van der Waals surface area contributed by atoms with E-state index in [1.807, 2.05) is 25.1 Å². The molecule has 0 atom stereocenters. The van der Waals surface area contributed by atoms with Crippen LogP contribution in [0, 0.1) is 6.92 Å². The molecule has 94 valence electrons. The summed E-state index contributed by atoms with van der Waals surface area (Å²) in [6.45, 7) is 1.98. The summed E-state index contributed by atoms with van der Waals surface area (Å²) in [6, 6.07) is 5.87. The van der Waals surface area contributed by atoms with Crippen LogP contribution in [0.5, 0.6) is 0 Å². The number of hydrogen-bond acceptors (Lipinski definition) is 3. The summed E-state index contributed by atoms with van der Waals surface area (Å²) < 4.78 is 2.67. The van der Waals surface area contributed by atoms with Crippen LogP contribution in [0.1, 0.15) is 17.7 Å². The Bertz CT molecular complexity index is 580. The summed E-state index contributed by atoms with van der Waals surface area (Å²) in [7, 11) is 0. The van der Waals surface area contributed by atoms with Crippen molar-refractivity contribution >= 4 is 21.9 Å². The van der Waals surface area contributed by atoms with Crippen LogP contribution in [-0.4, -0.2) is 26.1 Å². The molecule has 0 amide bonds. The predicted molar refractivity (Wildman–Crippen MR) is 69.8 cm³/mol. The standard InChI is InChI=1S/C12H12BrN3O2/c1-8-6-9(13)2-4-11(8)16-7-10(14-15-16)3-5-12(17)18/h2,4,6-7H,3,5H2,1H3,(H,17,18). The van der Waals surface area contributed by atoms with Gasteiger partial charge in [0.15, 0.2) is 0 Å². The van der Waals surface area contributed by atoms with E-state index >= 15 is 0 Å². The second-order valence-corrected chi connectivity index (χ2v) is 4.89. The summed E-state index contributed by atoms with van der Waals surface area (Å²) in [5.41, 5.74) is 2.69. The molecule has 6 heteroatoms. The maximum Gasteiger partial charge on any atom is 0.303 e. The molecule has 18 heavy (non-hydrogen) atoms. The van der Waals surface area contributed by atoms with Gasteiger partial charge in [-0.25, -0.2) is 4.68 Å². The zero-order valence-electron chi connectivity index (χ0n) is 9.80. The lowest BCUT2D eigenvalue weighted by atomic mass is 10.2. The molecule has 0 saturated carbocycles. The van der Waals surface area contributed by atoms with E-state index in [1.165, 1.54) is 0 Å². The molecule has 0 radical (unpaired) electrons. The number of carbonyl (C=O) groups is 1. The first-order chi connectivity index (χ1) is 8.56. The van der Waals surface area contributed by atoms with Gasteiger partial charge in [-0.1, -0.05) is 21.1 Å². The van der Waals surface area contributed by atoms with Crippen molar-refractivity contribution < 1.29 is 9.90 Å². The van der Waals surface area contributed by atoms with Crippen molar-refractivity contribution in [3.8, 4) is 5.69 Å². The Balaban J connectivity index is 2.21. The Kier molecular flexibility index (Phi) is 3.76. The largest absolute Gasteiger partial charge is 0.481 e. The lowest BCUT2D eigenvalue weighted by molar-refractivity contribution is -0.136. The van der Waals surface area contributed by atoms with Crippen molar-refractivity contribution in [2.75, 3.05) is 0 Å². The van der Waals surface area contributed by atoms with E-state index in [2.05, 4.69) is 26.2 Å². The fraction of sp³-hybridized carbons (Fsp3) is 0.250. The molecular formula is C12H12BrN3O2. The molecule has 1 heterocycles. The molecule has 0 unspecified atom stereocenters. The van der Waals surface area contributed by atoms with Gasteiger partial charge in [-0.2, -0.15) is 0 Å². The van der Waals surface area contributed by atoms with Crippen LogP contribution in [0.15, 0.2) is 28.9 Å². The Morgan fingerprint density at radius 3 is 2.94 bits per heavy atom. The van der Waals surface area contributed by atoms with Crippen LogP contribution < -0.4 is 0 Å². The smallest absolute Gasteiger partial charge is 0.303 e. The van der Waals surface area contributed by atoms with Crippen molar-refractivity contribution in [1.29, 1.82) is 0 Å². The lowest BCUT2D eigenvalue weighted by Crippen LogP contribution is -1.98. The quantitative estimate of drug-likeness (QED) is 0.941. The number of aryl methyl sites for hydroxylation is 2. The molecule has 1 aromatic heterocycles. The number of carboxylic acids is 1. The minimum absolute atomic E-state index is 0.0675. The maximum absolute atomic E-state index is 10.5. The number of hydrogen-bond donors (Lipinski definition) is 1. The van der Waals surface area contributed by atoms with Crippen LogP contribution in [0.4, 0.5) is 0 Å². The Morgan fingerprint density at radius 2 is 2.28 bits per heavy atom. The van der Waals surface area contributed by atoms with Gasteiger partial charge in [0.1, 0.15) is 0 Å². The second-order valence-electron chi connectivity index (χ2n) is 3.98. The minimum atomic E-state index is -0.829. The normalized spacial score (nSPS) is 10.6. The predicted octanol–water partition coefficient (Wildman–Crippen LogP) is 2.36. The number of aromatic nitrogens is 3. The third kappa shape index (κ3) is 2.95. The molecule has 0 bridgehead atoms. The van der Waals surface area contributed by atoms with Crippen molar-refractivity contribution in [2.24, 2.45) is 0 Å². The molecule has 0 saturated heterocycles. The zero-order valence-corrected chi connectivity index (χ0v) is 11.4. The first-order valence-corrected chi connectivity index (χ1v) is 6.25. The molecular weight excluding hydrogens is 298 g/mol. The summed E-state index contributed by atoms with van der Waals surface area (Å²) in [5.74, 6) is -0.829. The SMILES string of the molecule is Cc1cc(Br)ccc1-n1cc(CCC(=O)O)nn1. The Morgan fingerprint density at radius 1 is 1.50 bits per heavy atom. The van der Waals surface area contributed by atoms with Crippen molar-refractivity contribution in [2.45, 2.75) is 19.8 Å². The number of nitrogens with zero attached hydrogens (tertiary/aromatic N) is 3. The average molecular weight is 310 g/mol. The summed E-state index contributed by atoms with van der Waals surface area (Å²) >= 11 is 3.40. The van der Waals surface area contributed by atoms with Crippen molar-refractivity contribution in [1.82, 2.24) is 15.0 Å². The second kappa shape index (κ2) is 5.30. The van der Waals surface area contributed by atoms with E-state index in [1.54, 1.807) is 10.9 Å². The van der Waals surface area contributed by atoms with E-state index in [-0.39, 0.29) is 6.42 Å². The van der Waals surface area contributed by atoms with E-state index in [0.717, 1.165) is 15.7 Å². The Labute approximate surface area is 113 Å². The fourth-order valence-corrected chi connectivity index (χ4v) is 2.12. The first kappa shape index (κ1) is 12.8. The molecule has 2 rings (SSSR count). The van der Waals surface area contributed by atoms with Gasteiger partial charge >= 0.3 is 5.97 Å². The first-order valence-electron chi connectivity index (χ1n) is 5.46. The molecule has 2 aromatic rings. The van der Waals surface area contributed by atoms with Gasteiger partial charge in [0.25, 0.3) is 0 Å². The molecule has 0 aliphatic heterocycles. The van der Waals surface area contributed by atoms with Gasteiger partial charge in [-0.15, -0.1) is 5.10 Å². The van der Waals surface area contributed by atoms with Crippen LogP contribution >= 0.6 is 15.9 Å². The number of benzene rings is 1. The molecule has 0 aliphatic carbocycles. The highest BCUT2D eigenvalue weighted by molar-refractivity contribution is 9.10. The molecule has 0 spiro atoms. The number of halogens is 1. The highest BCUT2D eigenvalue weighted by atomic mass is 79.9. The molecule has 1 aromatic carbocycles. The third-order valence-corrected chi connectivity index (χ3v) is 3.03. The van der Waals surface area contributed by atoms with Crippen LogP contribution in [0.25, 0.3) is 5.69 Å². The maximum atomic E-state index is 10.5. The van der Waals surface area contributed by atoms with Crippen LogP contribution in [0.2, 0.25) is 0 Å². The monoisotopic (exact) mass is 309 g/mol. The fourth-order valence-electron chi connectivity index (χ4n) is 1.64. The van der Waals surface area contributed by atoms with E-state index in [0.29, 0.717) is 12.1 Å². The summed E-state index contributed by atoms with van der Waals surface area (Å²) in [6.07, 6.45) is 2.22. The Hall–Kier alpha value is -1.69. The number of rotatable bonds is 4. The summed E-state index contributed by atoms with van der Waals surface area (Å²) in [5, 5.41) is 16.6. The average Bonchev–Trinajstić information content (AvgIpc) is 2.75. The molecule has 0 fully saturated rings. The van der Waals surface area contributed by atoms with Gasteiger partial charge in [0, 0.05) is 10.9 Å². The van der Waals surface area contributed by atoms with Crippen molar-refractivity contribution in [3.05, 3.63) is 40.1 Å². The molecule has 1 N–H and O–H groups in total. The lowest BCUT2D eigenvalue weighted by Gasteiger charge is -2.04. The van der Waals surface area contributed by atoms with Gasteiger partial charge in [-0.3, -0.25) is 4.79 Å². The van der Waals surface area contributed by atoms with E-state index in [4.69, 9.17) is 5.11 Å².